The molecule has 8 heteroatoms. The van der Waals surface area contributed by atoms with Gasteiger partial charge in [-0.1, -0.05) is 66.2 Å². The molecule has 0 radical (unpaired) electrons. The number of β-amino-alcohol motifs (C(OH)–C–C–N with tert-alkyl or cyclic N) is 1. The first kappa shape index (κ1) is 31.5. The fourth-order valence-electron chi connectivity index (χ4n) is 4.56. The molecule has 40 heavy (non-hydrogen) atoms. The number of aryl methyl sites for hydroxylation is 3. The van der Waals surface area contributed by atoms with Crippen LogP contribution in [0.1, 0.15) is 49.8 Å². The van der Waals surface area contributed by atoms with E-state index < -0.39 is 22.1 Å². The van der Waals surface area contributed by atoms with Crippen molar-refractivity contribution in [2.45, 2.75) is 69.4 Å². The second kappa shape index (κ2) is 14.0. The Hall–Kier alpha value is -3.04. The molecule has 216 valence electrons. The van der Waals surface area contributed by atoms with Crippen LogP contribution in [0.5, 0.6) is 0 Å². The van der Waals surface area contributed by atoms with Crippen molar-refractivity contribution in [2.24, 2.45) is 0 Å². The number of carbonyl (C=O) groups is 1. The molecule has 0 aliphatic carbocycles. The van der Waals surface area contributed by atoms with Crippen LogP contribution >= 0.6 is 0 Å². The summed E-state index contributed by atoms with van der Waals surface area (Å²) in [6, 6.07) is 22.7. The van der Waals surface area contributed by atoms with Crippen LogP contribution < -0.4 is 5.32 Å². The summed E-state index contributed by atoms with van der Waals surface area (Å²) in [7, 11) is -2.33. The van der Waals surface area contributed by atoms with Crippen LogP contribution in [-0.2, 0) is 27.7 Å². The van der Waals surface area contributed by atoms with Gasteiger partial charge < -0.3 is 15.5 Å². The Bertz CT molecular complexity index is 1350. The number of hydrogen-bond donors (Lipinski definition) is 3. The van der Waals surface area contributed by atoms with E-state index in [-0.39, 0.29) is 29.9 Å². The van der Waals surface area contributed by atoms with E-state index >= 15 is 0 Å². The molecule has 3 rings (SSSR count). The van der Waals surface area contributed by atoms with Gasteiger partial charge in [-0.25, -0.2) is 8.42 Å². The van der Waals surface area contributed by atoms with E-state index in [0.29, 0.717) is 6.42 Å². The van der Waals surface area contributed by atoms with Crippen LogP contribution in [-0.4, -0.2) is 60.7 Å². The second-order valence-electron chi connectivity index (χ2n) is 11.2. The minimum absolute atomic E-state index is 0.0305. The topological polar surface area (TPSA) is 107 Å². The third-order valence-electron chi connectivity index (χ3n) is 7.13. The molecule has 0 saturated heterocycles. The van der Waals surface area contributed by atoms with E-state index in [4.69, 9.17) is 5.11 Å². The second-order valence-corrected chi connectivity index (χ2v) is 13.2. The number of aliphatic carboxylic acids is 1. The Morgan fingerprint density at radius 1 is 0.950 bits per heavy atom. The van der Waals surface area contributed by atoms with Crippen molar-refractivity contribution in [1.82, 2.24) is 9.62 Å². The number of nitrogens with zero attached hydrogens (tertiary/aromatic N) is 1. The Kier molecular flexibility index (Phi) is 11.0. The molecule has 0 fully saturated rings. The van der Waals surface area contributed by atoms with Crippen molar-refractivity contribution in [2.75, 3.05) is 20.1 Å². The number of nitrogens with one attached hydrogen (secondary N) is 1. The maximum atomic E-state index is 13.3. The van der Waals surface area contributed by atoms with E-state index in [1.54, 1.807) is 18.2 Å². The third-order valence-corrected chi connectivity index (χ3v) is 8.95. The van der Waals surface area contributed by atoms with Crippen LogP contribution in [0.15, 0.2) is 77.7 Å². The van der Waals surface area contributed by atoms with Gasteiger partial charge in [-0.05, 0) is 80.8 Å². The van der Waals surface area contributed by atoms with E-state index in [1.165, 1.54) is 22.5 Å². The number of benzene rings is 3. The van der Waals surface area contributed by atoms with Crippen molar-refractivity contribution >= 4 is 16.0 Å². The zero-order valence-corrected chi connectivity index (χ0v) is 24.7. The SMILES string of the molecule is Cc1ccc(CCCC(C)(C)NCC(O)CN(C)S(=O)(=O)c2cccc(-c3ccc(CCC(=O)O)cc3)c2)cc1. The summed E-state index contributed by atoms with van der Waals surface area (Å²) >= 11 is 0. The van der Waals surface area contributed by atoms with Crippen molar-refractivity contribution in [3.63, 3.8) is 0 Å². The highest BCUT2D eigenvalue weighted by molar-refractivity contribution is 7.89. The minimum Gasteiger partial charge on any atom is -0.481 e. The Balaban J connectivity index is 1.53. The van der Waals surface area contributed by atoms with Gasteiger partial charge in [-0.15, -0.1) is 0 Å². The average Bonchev–Trinajstić information content (AvgIpc) is 2.92. The molecule has 3 aromatic rings. The fraction of sp³-hybridized carbons (Fsp3) is 0.406. The number of sulfonamides is 1. The molecule has 0 spiro atoms. The van der Waals surface area contributed by atoms with Crippen LogP contribution in [0, 0.1) is 6.92 Å². The van der Waals surface area contributed by atoms with E-state index in [0.717, 1.165) is 36.0 Å². The van der Waals surface area contributed by atoms with Gasteiger partial charge in [0, 0.05) is 32.1 Å². The lowest BCUT2D eigenvalue weighted by molar-refractivity contribution is -0.136. The summed E-state index contributed by atoms with van der Waals surface area (Å²) in [5.41, 5.74) is 4.86. The largest absolute Gasteiger partial charge is 0.481 e. The molecule has 1 unspecified atom stereocenters. The highest BCUT2D eigenvalue weighted by Gasteiger charge is 2.25. The number of carboxylic acids is 1. The standard InChI is InChI=1S/C32H42N2O5S/c1-24-10-12-25(13-11-24)7-6-20-32(2,3)33-22-29(35)23-34(4)40(38,39)30-9-5-8-28(21-30)27-17-14-26(15-18-27)16-19-31(36)37/h5,8-15,17-18,21,29,33,35H,6-7,16,19-20,22-23H2,1-4H3,(H,36,37). The van der Waals surface area contributed by atoms with Crippen LogP contribution in [0.2, 0.25) is 0 Å². The van der Waals surface area contributed by atoms with Gasteiger partial charge in [0.05, 0.1) is 11.0 Å². The monoisotopic (exact) mass is 566 g/mol. The van der Waals surface area contributed by atoms with E-state index in [1.807, 2.05) is 30.3 Å². The number of rotatable bonds is 15. The lowest BCUT2D eigenvalue weighted by atomic mass is 9.95. The first-order chi connectivity index (χ1) is 18.9. The zero-order chi connectivity index (χ0) is 29.3. The van der Waals surface area contributed by atoms with Crippen molar-refractivity contribution in [3.05, 3.63) is 89.5 Å². The maximum Gasteiger partial charge on any atom is 0.303 e. The van der Waals surface area contributed by atoms with Crippen molar-refractivity contribution in [1.29, 1.82) is 0 Å². The van der Waals surface area contributed by atoms with Gasteiger partial charge in [0.25, 0.3) is 0 Å². The molecule has 0 aromatic heterocycles. The molecule has 1 atom stereocenters. The summed E-state index contributed by atoms with van der Waals surface area (Å²) in [4.78, 5) is 11.0. The molecule has 0 aliphatic rings. The molecule has 0 saturated carbocycles. The highest BCUT2D eigenvalue weighted by atomic mass is 32.2. The Labute approximate surface area is 238 Å². The summed E-state index contributed by atoms with van der Waals surface area (Å²) in [5.74, 6) is -0.843. The molecular weight excluding hydrogens is 524 g/mol. The molecule has 7 nitrogen and oxygen atoms in total. The van der Waals surface area contributed by atoms with E-state index in [9.17, 15) is 18.3 Å². The maximum absolute atomic E-state index is 13.3. The summed E-state index contributed by atoms with van der Waals surface area (Å²) < 4.78 is 27.8. The highest BCUT2D eigenvalue weighted by Crippen LogP contribution is 2.25. The summed E-state index contributed by atoms with van der Waals surface area (Å²) in [5, 5.41) is 22.9. The van der Waals surface area contributed by atoms with Crippen LogP contribution in [0.4, 0.5) is 0 Å². The average molecular weight is 567 g/mol. The Morgan fingerprint density at radius 2 is 1.57 bits per heavy atom. The minimum atomic E-state index is -3.81. The fourth-order valence-corrected chi connectivity index (χ4v) is 5.82. The third kappa shape index (κ3) is 9.55. The quantitative estimate of drug-likeness (QED) is 0.238. The predicted octanol–water partition coefficient (Wildman–Crippen LogP) is 5.05. The predicted molar refractivity (Wildman–Crippen MR) is 160 cm³/mol. The molecule has 3 N–H and O–H groups in total. The lowest BCUT2D eigenvalue weighted by Gasteiger charge is -2.29. The summed E-state index contributed by atoms with van der Waals surface area (Å²) in [6.45, 7) is 6.53. The molecule has 0 heterocycles. The van der Waals surface area contributed by atoms with Gasteiger partial charge in [0.15, 0.2) is 0 Å². The molecule has 0 amide bonds. The smallest absolute Gasteiger partial charge is 0.303 e. The molecular formula is C32H42N2O5S. The van der Waals surface area contributed by atoms with Crippen LogP contribution in [0.25, 0.3) is 11.1 Å². The number of likely N-dealkylation sites (N-methyl/N-ethyl adjacent to an activating group) is 1. The molecule has 0 aliphatic heterocycles. The van der Waals surface area contributed by atoms with Gasteiger partial charge in [0.2, 0.25) is 10.0 Å². The van der Waals surface area contributed by atoms with Gasteiger partial charge in [0.1, 0.15) is 0 Å². The molecule has 3 aromatic carbocycles. The number of aliphatic hydroxyl groups excluding tert-OH is 1. The van der Waals surface area contributed by atoms with Gasteiger partial charge >= 0.3 is 5.97 Å². The van der Waals surface area contributed by atoms with Crippen LogP contribution in [0.3, 0.4) is 0 Å². The molecule has 0 bridgehead atoms. The first-order valence-corrected chi connectivity index (χ1v) is 15.2. The number of hydrogen-bond acceptors (Lipinski definition) is 5. The number of aliphatic hydroxyl groups is 1. The van der Waals surface area contributed by atoms with E-state index in [2.05, 4.69) is 50.4 Å². The lowest BCUT2D eigenvalue weighted by Crippen LogP contribution is -2.46. The number of carboxylic acid groups (broad SMARTS) is 1. The van der Waals surface area contributed by atoms with Gasteiger partial charge in [-0.3, -0.25) is 4.79 Å². The summed E-state index contributed by atoms with van der Waals surface area (Å²) in [6.07, 6.45) is 2.56. The zero-order valence-electron chi connectivity index (χ0n) is 23.9. The Morgan fingerprint density at radius 3 is 2.23 bits per heavy atom. The van der Waals surface area contributed by atoms with Crippen molar-refractivity contribution < 1.29 is 23.4 Å². The van der Waals surface area contributed by atoms with Gasteiger partial charge in [-0.2, -0.15) is 4.31 Å². The normalized spacial score (nSPS) is 12.9. The first-order valence-electron chi connectivity index (χ1n) is 13.7. The van der Waals surface area contributed by atoms with Crippen molar-refractivity contribution in [3.8, 4) is 11.1 Å².